The number of piperazine rings is 1. The number of aryl methyl sites for hydroxylation is 1. The van der Waals surface area contributed by atoms with E-state index in [4.69, 9.17) is 4.52 Å². The molecule has 0 bridgehead atoms. The van der Waals surface area contributed by atoms with Crippen molar-refractivity contribution in [1.82, 2.24) is 19.9 Å². The van der Waals surface area contributed by atoms with E-state index in [2.05, 4.69) is 17.1 Å². The summed E-state index contributed by atoms with van der Waals surface area (Å²) in [4.78, 5) is 41.7. The van der Waals surface area contributed by atoms with Gasteiger partial charge in [-0.1, -0.05) is 0 Å². The number of nitrogens with zero attached hydrogens (tertiary/aromatic N) is 3. The number of carbonyl (C=O) groups is 2. The summed E-state index contributed by atoms with van der Waals surface area (Å²) < 4.78 is 5.01. The molecule has 0 unspecified atom stereocenters. The minimum Gasteiger partial charge on any atom is -0.384 e. The van der Waals surface area contributed by atoms with Crippen molar-refractivity contribution in [3.8, 4) is 0 Å². The smallest absolute Gasteiger partial charge is 0.280 e. The largest absolute Gasteiger partial charge is 0.384 e. The van der Waals surface area contributed by atoms with Crippen LogP contribution in [-0.4, -0.2) is 77.5 Å². The van der Waals surface area contributed by atoms with E-state index < -0.39 is 0 Å². The Kier molecular flexibility index (Phi) is 4.99. The zero-order valence-electron chi connectivity index (χ0n) is 14.9. The highest BCUT2D eigenvalue weighted by atomic mass is 16.5. The normalized spacial score (nSPS) is 25.4. The van der Waals surface area contributed by atoms with Crippen molar-refractivity contribution in [3.63, 3.8) is 0 Å². The lowest BCUT2D eigenvalue weighted by Gasteiger charge is -2.49. The van der Waals surface area contributed by atoms with E-state index in [9.17, 15) is 14.4 Å². The monoisotopic (exact) mass is 350 g/mol. The van der Waals surface area contributed by atoms with Gasteiger partial charge in [0.15, 0.2) is 0 Å². The molecule has 0 radical (unpaired) electrons. The van der Waals surface area contributed by atoms with Crippen molar-refractivity contribution < 1.29 is 14.1 Å². The summed E-state index contributed by atoms with van der Waals surface area (Å²) in [6.45, 7) is 2.88. The third-order valence-corrected chi connectivity index (χ3v) is 5.66. The number of amides is 2. The van der Waals surface area contributed by atoms with Gasteiger partial charge in [-0.2, -0.15) is 5.16 Å². The van der Waals surface area contributed by atoms with Gasteiger partial charge in [-0.05, 0) is 19.9 Å². The molecule has 3 heterocycles. The van der Waals surface area contributed by atoms with Crippen LogP contribution >= 0.6 is 0 Å². The molecular formula is C17H26N4O4. The van der Waals surface area contributed by atoms with Gasteiger partial charge in [-0.25, -0.2) is 0 Å². The average Bonchev–Trinajstić information content (AvgIpc) is 2.96. The first-order valence-corrected chi connectivity index (χ1v) is 8.80. The lowest BCUT2D eigenvalue weighted by Crippen LogP contribution is -2.62. The lowest BCUT2D eigenvalue weighted by molar-refractivity contribution is -0.137. The van der Waals surface area contributed by atoms with Crippen LogP contribution in [0.15, 0.2) is 15.4 Å². The Balaban J connectivity index is 1.64. The molecule has 0 aromatic carbocycles. The highest BCUT2D eigenvalue weighted by molar-refractivity contribution is 5.77. The standard InChI is InChI=1S/C17H26N4O4/c1-19-8-7-17(6-5-15(19)23)12-21(10-9-20(17)2)16(24)4-3-13-11-14(22)18-25-13/h11H,3-10,12H2,1-2H3,(H,18,22)/t17-/m1/s1. The molecule has 1 atom stereocenters. The van der Waals surface area contributed by atoms with Crippen molar-refractivity contribution in [1.29, 1.82) is 0 Å². The van der Waals surface area contributed by atoms with Crippen molar-refractivity contribution in [2.24, 2.45) is 0 Å². The third kappa shape index (κ3) is 3.78. The van der Waals surface area contributed by atoms with Crippen LogP contribution in [0, 0.1) is 0 Å². The first-order chi connectivity index (χ1) is 11.9. The average molecular weight is 350 g/mol. The molecule has 3 rings (SSSR count). The number of likely N-dealkylation sites (N-methyl/N-ethyl adjacent to an activating group) is 1. The number of likely N-dealkylation sites (tertiary alicyclic amines) is 1. The number of aromatic nitrogens is 1. The molecule has 8 heteroatoms. The van der Waals surface area contributed by atoms with Crippen molar-refractivity contribution in [3.05, 3.63) is 22.2 Å². The fourth-order valence-corrected chi connectivity index (χ4v) is 3.80. The van der Waals surface area contributed by atoms with Crippen LogP contribution in [0.3, 0.4) is 0 Å². The second kappa shape index (κ2) is 7.03. The molecule has 1 spiro atoms. The number of rotatable bonds is 3. The molecule has 0 saturated carbocycles. The van der Waals surface area contributed by atoms with Gasteiger partial charge in [0.05, 0.1) is 0 Å². The summed E-state index contributed by atoms with van der Waals surface area (Å²) in [5.74, 6) is 0.750. The van der Waals surface area contributed by atoms with Gasteiger partial charge in [0.2, 0.25) is 11.8 Å². The minimum absolute atomic E-state index is 0.0697. The van der Waals surface area contributed by atoms with Gasteiger partial charge >= 0.3 is 0 Å². The number of aromatic amines is 1. The van der Waals surface area contributed by atoms with E-state index >= 15 is 0 Å². The highest BCUT2D eigenvalue weighted by Crippen LogP contribution is 2.32. The van der Waals surface area contributed by atoms with Crippen LogP contribution in [0.4, 0.5) is 0 Å². The van der Waals surface area contributed by atoms with Gasteiger partial charge in [0, 0.05) is 64.1 Å². The van der Waals surface area contributed by atoms with Gasteiger partial charge in [-0.15, -0.1) is 0 Å². The molecule has 1 N–H and O–H groups in total. The third-order valence-electron chi connectivity index (χ3n) is 5.66. The molecule has 1 aromatic rings. The second-order valence-electron chi connectivity index (χ2n) is 7.21. The predicted octanol–water partition coefficient (Wildman–Crippen LogP) is 0.0556. The molecule has 0 aliphatic carbocycles. The SMILES string of the molecule is CN1CC[C@]2(CCC1=O)CN(C(=O)CCc1cc(=O)[nH]o1)CCN2C. The Morgan fingerprint density at radius 3 is 2.76 bits per heavy atom. The first-order valence-electron chi connectivity index (χ1n) is 8.80. The number of nitrogens with one attached hydrogen (secondary N) is 1. The van der Waals surface area contributed by atoms with Crippen molar-refractivity contribution in [2.75, 3.05) is 40.3 Å². The first kappa shape index (κ1) is 17.7. The molecule has 2 saturated heterocycles. The summed E-state index contributed by atoms with van der Waals surface area (Å²) in [6, 6.07) is 1.38. The van der Waals surface area contributed by atoms with E-state index in [0.29, 0.717) is 38.1 Å². The maximum atomic E-state index is 12.6. The number of hydrogen-bond donors (Lipinski definition) is 1. The summed E-state index contributed by atoms with van der Waals surface area (Å²) in [5.41, 5.74) is -0.414. The van der Waals surface area contributed by atoms with E-state index in [1.165, 1.54) is 6.07 Å². The minimum atomic E-state index is -0.284. The fraction of sp³-hybridized carbons (Fsp3) is 0.706. The number of H-pyrrole nitrogens is 1. The van der Waals surface area contributed by atoms with Crippen LogP contribution in [0.1, 0.15) is 31.4 Å². The second-order valence-corrected chi connectivity index (χ2v) is 7.21. The Labute approximate surface area is 146 Å². The molecule has 2 aliphatic rings. The molecule has 1 aromatic heterocycles. The summed E-state index contributed by atoms with van der Waals surface area (Å²) in [6.07, 6.45) is 2.92. The zero-order chi connectivity index (χ0) is 18.0. The van der Waals surface area contributed by atoms with Gasteiger partial charge < -0.3 is 14.3 Å². The Hall–Kier alpha value is -2.09. The number of hydrogen-bond acceptors (Lipinski definition) is 5. The molecule has 138 valence electrons. The van der Waals surface area contributed by atoms with Crippen LogP contribution < -0.4 is 5.56 Å². The molecule has 25 heavy (non-hydrogen) atoms. The quantitative estimate of drug-likeness (QED) is 0.832. The van der Waals surface area contributed by atoms with Crippen LogP contribution in [0.5, 0.6) is 0 Å². The van der Waals surface area contributed by atoms with E-state index in [1.807, 2.05) is 11.9 Å². The zero-order valence-corrected chi connectivity index (χ0v) is 14.9. The maximum absolute atomic E-state index is 12.6. The molecule has 8 nitrogen and oxygen atoms in total. The van der Waals surface area contributed by atoms with Crippen molar-refractivity contribution in [2.45, 2.75) is 37.6 Å². The molecular weight excluding hydrogens is 324 g/mol. The van der Waals surface area contributed by atoms with E-state index in [1.54, 1.807) is 4.90 Å². The lowest BCUT2D eigenvalue weighted by atomic mass is 9.86. The Morgan fingerprint density at radius 2 is 2.04 bits per heavy atom. The number of carbonyl (C=O) groups excluding carboxylic acids is 2. The summed E-state index contributed by atoms with van der Waals surface area (Å²) in [5, 5.41) is 2.24. The van der Waals surface area contributed by atoms with Gasteiger partial charge in [-0.3, -0.25) is 19.3 Å². The summed E-state index contributed by atoms with van der Waals surface area (Å²) >= 11 is 0. The van der Waals surface area contributed by atoms with Gasteiger partial charge in [0.1, 0.15) is 5.76 Å². The van der Waals surface area contributed by atoms with Gasteiger partial charge in [0.25, 0.3) is 5.56 Å². The van der Waals surface area contributed by atoms with Crippen LogP contribution in [-0.2, 0) is 16.0 Å². The van der Waals surface area contributed by atoms with E-state index in [0.717, 1.165) is 25.9 Å². The Morgan fingerprint density at radius 1 is 1.24 bits per heavy atom. The van der Waals surface area contributed by atoms with Crippen LogP contribution in [0.25, 0.3) is 0 Å². The topological polar surface area (TPSA) is 89.9 Å². The van der Waals surface area contributed by atoms with E-state index in [-0.39, 0.29) is 22.9 Å². The Bertz CT molecular complexity index is 697. The molecule has 2 fully saturated rings. The molecule has 2 amide bonds. The van der Waals surface area contributed by atoms with Crippen molar-refractivity contribution >= 4 is 11.8 Å². The van der Waals surface area contributed by atoms with Crippen LogP contribution in [0.2, 0.25) is 0 Å². The highest BCUT2D eigenvalue weighted by Gasteiger charge is 2.42. The molecule has 2 aliphatic heterocycles. The predicted molar refractivity (Wildman–Crippen MR) is 91.1 cm³/mol. The maximum Gasteiger partial charge on any atom is 0.280 e. The fourth-order valence-electron chi connectivity index (χ4n) is 3.80. The summed E-state index contributed by atoms with van der Waals surface area (Å²) in [7, 11) is 3.93.